The molecule has 128 valence electrons. The minimum Gasteiger partial charge on any atom is -0.374 e. The van der Waals surface area contributed by atoms with Gasteiger partial charge < -0.3 is 14.9 Å². The van der Waals surface area contributed by atoms with Crippen LogP contribution in [0.15, 0.2) is 30.3 Å². The molecule has 23 heavy (non-hydrogen) atoms. The third-order valence-electron chi connectivity index (χ3n) is 5.05. The Morgan fingerprint density at radius 2 is 1.87 bits per heavy atom. The van der Waals surface area contributed by atoms with E-state index in [2.05, 4.69) is 17.4 Å². The Labute approximate surface area is 139 Å². The summed E-state index contributed by atoms with van der Waals surface area (Å²) in [5, 5.41) is 3.45. The number of rotatable bonds is 5. The maximum atomic E-state index is 12.5. The van der Waals surface area contributed by atoms with Crippen molar-refractivity contribution in [2.45, 2.75) is 44.2 Å². The number of hydrogen-bond donors (Lipinski definition) is 2. The van der Waals surface area contributed by atoms with E-state index in [1.165, 1.54) is 24.8 Å². The molecule has 1 saturated carbocycles. The minimum atomic E-state index is -3.09. The first-order valence-corrected chi connectivity index (χ1v) is 10.9. The van der Waals surface area contributed by atoms with Crippen molar-refractivity contribution in [1.29, 1.82) is 0 Å². The van der Waals surface area contributed by atoms with E-state index in [-0.39, 0.29) is 18.3 Å². The van der Waals surface area contributed by atoms with Crippen LogP contribution in [-0.2, 0) is 9.30 Å². The molecule has 3 rings (SSSR count). The number of benzene rings is 1. The average molecular weight is 337 g/mol. The van der Waals surface area contributed by atoms with Gasteiger partial charge in [-0.3, -0.25) is 4.57 Å². The molecular weight excluding hydrogens is 309 g/mol. The van der Waals surface area contributed by atoms with Gasteiger partial charge in [0.1, 0.15) is 0 Å². The Kier molecular flexibility index (Phi) is 5.92. The summed E-state index contributed by atoms with van der Waals surface area (Å²) in [6.45, 7) is 1.22. The van der Waals surface area contributed by atoms with E-state index < -0.39 is 7.37 Å². The third kappa shape index (κ3) is 5.15. The summed E-state index contributed by atoms with van der Waals surface area (Å²) in [6, 6.07) is 10.4. The lowest BCUT2D eigenvalue weighted by molar-refractivity contribution is 0.0156. The first kappa shape index (κ1) is 17.2. The van der Waals surface area contributed by atoms with E-state index >= 15 is 0 Å². The highest BCUT2D eigenvalue weighted by atomic mass is 31.2. The van der Waals surface area contributed by atoms with Crippen LogP contribution in [-0.4, -0.2) is 36.5 Å². The van der Waals surface area contributed by atoms with Crippen molar-refractivity contribution in [2.75, 3.05) is 25.5 Å². The molecule has 5 heteroatoms. The number of ether oxygens (including phenoxy) is 1. The second-order valence-electron chi connectivity index (χ2n) is 7.04. The number of morpholine rings is 1. The molecule has 1 aromatic carbocycles. The van der Waals surface area contributed by atoms with Gasteiger partial charge in [-0.05, 0) is 24.3 Å². The molecule has 2 aliphatic rings. The predicted molar refractivity (Wildman–Crippen MR) is 93.1 cm³/mol. The molecule has 0 spiro atoms. The highest BCUT2D eigenvalue weighted by Crippen LogP contribution is 2.46. The van der Waals surface area contributed by atoms with Crippen molar-refractivity contribution in [2.24, 2.45) is 5.92 Å². The Morgan fingerprint density at radius 1 is 1.13 bits per heavy atom. The summed E-state index contributed by atoms with van der Waals surface area (Å²) in [4.78, 5) is 10.3. The van der Waals surface area contributed by atoms with Crippen LogP contribution in [0.4, 0.5) is 0 Å². The summed E-state index contributed by atoms with van der Waals surface area (Å²) in [6.07, 6.45) is 6.56. The SMILES string of the molecule is O=P(O)(CC1CCCCC1)C[C@H]1CN[C@@H](c2ccccc2)CO1. The van der Waals surface area contributed by atoms with Gasteiger partial charge in [0.05, 0.1) is 24.9 Å². The van der Waals surface area contributed by atoms with Crippen LogP contribution in [0, 0.1) is 5.92 Å². The first-order chi connectivity index (χ1) is 11.1. The maximum Gasteiger partial charge on any atom is 0.203 e. The van der Waals surface area contributed by atoms with E-state index in [1.807, 2.05) is 18.2 Å². The molecule has 3 atom stereocenters. The topological polar surface area (TPSA) is 58.6 Å². The van der Waals surface area contributed by atoms with E-state index in [1.54, 1.807) is 0 Å². The Balaban J connectivity index is 1.47. The second-order valence-corrected chi connectivity index (χ2v) is 9.47. The largest absolute Gasteiger partial charge is 0.374 e. The van der Waals surface area contributed by atoms with Gasteiger partial charge in [0.2, 0.25) is 7.37 Å². The zero-order chi connectivity index (χ0) is 16.1. The van der Waals surface area contributed by atoms with Gasteiger partial charge in [0, 0.05) is 12.7 Å². The quantitative estimate of drug-likeness (QED) is 0.807. The van der Waals surface area contributed by atoms with Crippen molar-refractivity contribution in [1.82, 2.24) is 5.32 Å². The standard InChI is InChI=1S/C18H28NO3P/c20-23(21,13-15-7-3-1-4-8-15)14-17-11-19-18(12-22-17)16-9-5-2-6-10-16/h2,5-6,9-10,15,17-19H,1,3-4,7-8,11-14H2,(H,20,21)/t17-,18-/m1/s1. The highest BCUT2D eigenvalue weighted by Gasteiger charge is 2.31. The lowest BCUT2D eigenvalue weighted by Gasteiger charge is -2.32. The van der Waals surface area contributed by atoms with E-state index in [0.717, 1.165) is 12.8 Å². The average Bonchev–Trinajstić information content (AvgIpc) is 2.56. The molecule has 2 N–H and O–H groups in total. The molecule has 1 heterocycles. The lowest BCUT2D eigenvalue weighted by atomic mass is 9.91. The summed E-state index contributed by atoms with van der Waals surface area (Å²) in [5.41, 5.74) is 1.21. The Hall–Kier alpha value is -0.670. The van der Waals surface area contributed by atoms with Crippen molar-refractivity contribution >= 4 is 7.37 Å². The van der Waals surface area contributed by atoms with Crippen molar-refractivity contribution in [3.05, 3.63) is 35.9 Å². The molecule has 0 aromatic heterocycles. The fraction of sp³-hybridized carbons (Fsp3) is 0.667. The van der Waals surface area contributed by atoms with Gasteiger partial charge in [-0.15, -0.1) is 0 Å². The molecule has 1 aliphatic heterocycles. The van der Waals surface area contributed by atoms with E-state index in [9.17, 15) is 9.46 Å². The molecule has 1 unspecified atom stereocenters. The van der Waals surface area contributed by atoms with Crippen molar-refractivity contribution in [3.63, 3.8) is 0 Å². The van der Waals surface area contributed by atoms with Crippen LogP contribution < -0.4 is 5.32 Å². The summed E-state index contributed by atoms with van der Waals surface area (Å²) in [5.74, 6) is 0.438. The van der Waals surface area contributed by atoms with Gasteiger partial charge in [-0.1, -0.05) is 49.6 Å². The van der Waals surface area contributed by atoms with Gasteiger partial charge in [-0.25, -0.2) is 0 Å². The zero-order valence-electron chi connectivity index (χ0n) is 13.7. The highest BCUT2D eigenvalue weighted by molar-refractivity contribution is 7.58. The molecule has 0 radical (unpaired) electrons. The monoisotopic (exact) mass is 337 g/mol. The van der Waals surface area contributed by atoms with Gasteiger partial charge >= 0.3 is 0 Å². The fourth-order valence-electron chi connectivity index (χ4n) is 3.81. The fourth-order valence-corrected chi connectivity index (χ4v) is 6.00. The molecule has 1 saturated heterocycles. The lowest BCUT2D eigenvalue weighted by Crippen LogP contribution is -2.43. The van der Waals surface area contributed by atoms with Gasteiger partial charge in [-0.2, -0.15) is 0 Å². The van der Waals surface area contributed by atoms with Crippen LogP contribution in [0.25, 0.3) is 0 Å². The first-order valence-electron chi connectivity index (χ1n) is 8.83. The smallest absolute Gasteiger partial charge is 0.203 e. The van der Waals surface area contributed by atoms with Gasteiger partial charge in [0.15, 0.2) is 0 Å². The number of nitrogens with one attached hydrogen (secondary N) is 1. The zero-order valence-corrected chi connectivity index (χ0v) is 14.6. The molecule has 0 bridgehead atoms. The van der Waals surface area contributed by atoms with E-state index in [0.29, 0.717) is 25.2 Å². The Bertz CT molecular complexity index is 522. The van der Waals surface area contributed by atoms with Crippen LogP contribution in [0.2, 0.25) is 0 Å². The molecule has 4 nitrogen and oxygen atoms in total. The van der Waals surface area contributed by atoms with Crippen LogP contribution in [0.1, 0.15) is 43.7 Å². The molecular formula is C18H28NO3P. The predicted octanol–water partition coefficient (Wildman–Crippen LogP) is 3.57. The normalized spacial score (nSPS) is 29.1. The third-order valence-corrected chi connectivity index (χ3v) is 7.11. The van der Waals surface area contributed by atoms with Crippen molar-refractivity contribution in [3.8, 4) is 0 Å². The van der Waals surface area contributed by atoms with Crippen LogP contribution in [0.5, 0.6) is 0 Å². The molecule has 1 aliphatic carbocycles. The van der Waals surface area contributed by atoms with Crippen LogP contribution in [0.3, 0.4) is 0 Å². The minimum absolute atomic E-state index is 0.144. The Morgan fingerprint density at radius 3 is 2.52 bits per heavy atom. The van der Waals surface area contributed by atoms with Crippen LogP contribution >= 0.6 is 7.37 Å². The van der Waals surface area contributed by atoms with E-state index in [4.69, 9.17) is 4.74 Å². The summed E-state index contributed by atoms with van der Waals surface area (Å²) in [7, 11) is -3.09. The number of hydrogen-bond acceptors (Lipinski definition) is 3. The summed E-state index contributed by atoms with van der Waals surface area (Å²) >= 11 is 0. The maximum absolute atomic E-state index is 12.5. The van der Waals surface area contributed by atoms with Crippen molar-refractivity contribution < 1.29 is 14.2 Å². The summed E-state index contributed by atoms with van der Waals surface area (Å²) < 4.78 is 18.4. The second kappa shape index (κ2) is 7.94. The molecule has 0 amide bonds. The molecule has 1 aromatic rings. The van der Waals surface area contributed by atoms with Gasteiger partial charge in [0.25, 0.3) is 0 Å². The molecule has 2 fully saturated rings.